The zero-order valence-corrected chi connectivity index (χ0v) is 20.4. The number of rotatable bonds is 5. The average Bonchev–Trinajstić information content (AvgIpc) is 3.14. The highest BCUT2D eigenvalue weighted by Gasteiger charge is 2.65. The molecule has 0 bridgehead atoms. The van der Waals surface area contributed by atoms with Crippen LogP contribution in [0.2, 0.25) is 0 Å². The zero-order valence-electron chi connectivity index (χ0n) is 20.4. The quantitative estimate of drug-likeness (QED) is 0.544. The van der Waals surface area contributed by atoms with E-state index < -0.39 is 5.97 Å². The van der Waals surface area contributed by atoms with Crippen molar-refractivity contribution in [3.8, 4) is 0 Å². The Hall–Kier alpha value is -0.610. The lowest BCUT2D eigenvalue weighted by Gasteiger charge is -2.65. The Balaban J connectivity index is 1.66. The van der Waals surface area contributed by atoms with E-state index >= 15 is 0 Å². The minimum atomic E-state index is -0.684. The second-order valence-corrected chi connectivity index (χ2v) is 12.8. The van der Waals surface area contributed by atoms with Crippen LogP contribution in [-0.4, -0.2) is 33.5 Å². The maximum absolute atomic E-state index is 11.8. The third-order valence-electron chi connectivity index (χ3n) is 11.0. The number of aliphatic hydroxyl groups is 2. The lowest BCUT2D eigenvalue weighted by atomic mass is 9.40. The van der Waals surface area contributed by atoms with Crippen LogP contribution >= 0.6 is 0 Å². The molecule has 0 aliphatic heterocycles. The first kappa shape index (κ1) is 23.5. The number of carboxylic acids is 1. The van der Waals surface area contributed by atoms with Gasteiger partial charge < -0.3 is 15.3 Å². The molecule has 0 heterocycles. The van der Waals surface area contributed by atoms with E-state index in [1.54, 1.807) is 0 Å². The Kier molecular flexibility index (Phi) is 6.31. The highest BCUT2D eigenvalue weighted by molar-refractivity contribution is 5.66. The number of carbonyl (C=O) groups is 1. The molecule has 4 aliphatic rings. The average molecular weight is 435 g/mol. The molecule has 4 nitrogen and oxygen atoms in total. The standard InChI is InChI=1S/C27H46O4/c1-6-17-20-13-16(28)11-12-27(20,5)21-14-26(3,4)24-18(15(2)7-10-22(29)30)8-9-19(24)23(21)25(17)31/h15-21,23-25,28,31H,6-14H2,1-5H3,(H,29,30)/t15?,16-,17-,18?,19?,20+,21?,23?,24?,25?,27+/m1/s1. The zero-order chi connectivity index (χ0) is 22.7. The topological polar surface area (TPSA) is 77.8 Å². The summed E-state index contributed by atoms with van der Waals surface area (Å²) in [4.78, 5) is 11.2. The van der Waals surface area contributed by atoms with Crippen LogP contribution in [0.3, 0.4) is 0 Å². The van der Waals surface area contributed by atoms with Crippen molar-refractivity contribution in [1.29, 1.82) is 0 Å². The molecule has 178 valence electrons. The van der Waals surface area contributed by atoms with Gasteiger partial charge >= 0.3 is 5.97 Å². The monoisotopic (exact) mass is 434 g/mol. The number of carboxylic acid groups (broad SMARTS) is 1. The van der Waals surface area contributed by atoms with Crippen molar-refractivity contribution in [1.82, 2.24) is 0 Å². The Bertz CT molecular complexity index is 674. The molecule has 0 radical (unpaired) electrons. The molecule has 7 unspecified atom stereocenters. The highest BCUT2D eigenvalue weighted by Crippen LogP contribution is 2.69. The number of aliphatic hydroxyl groups excluding tert-OH is 2. The van der Waals surface area contributed by atoms with Crippen LogP contribution in [0.1, 0.15) is 92.4 Å². The first-order valence-corrected chi connectivity index (χ1v) is 13.1. The van der Waals surface area contributed by atoms with E-state index in [1.165, 1.54) is 12.8 Å². The molecule has 11 atom stereocenters. The van der Waals surface area contributed by atoms with Crippen LogP contribution in [0.15, 0.2) is 0 Å². The van der Waals surface area contributed by atoms with Crippen molar-refractivity contribution in [2.75, 3.05) is 0 Å². The van der Waals surface area contributed by atoms with Gasteiger partial charge in [-0.3, -0.25) is 4.79 Å². The molecule has 0 saturated heterocycles. The molecule has 0 aromatic carbocycles. The van der Waals surface area contributed by atoms with Gasteiger partial charge in [0.05, 0.1) is 12.2 Å². The second kappa shape index (κ2) is 8.31. The third-order valence-corrected chi connectivity index (χ3v) is 11.0. The molecular weight excluding hydrogens is 388 g/mol. The lowest BCUT2D eigenvalue weighted by molar-refractivity contribution is -0.211. The summed E-state index contributed by atoms with van der Waals surface area (Å²) in [6, 6.07) is 0. The number of hydrogen-bond acceptors (Lipinski definition) is 3. The summed E-state index contributed by atoms with van der Waals surface area (Å²) < 4.78 is 0. The fraction of sp³-hybridized carbons (Fsp3) is 0.963. The molecule has 4 heteroatoms. The third kappa shape index (κ3) is 3.78. The van der Waals surface area contributed by atoms with Gasteiger partial charge in [0.15, 0.2) is 0 Å². The Morgan fingerprint density at radius 3 is 2.45 bits per heavy atom. The molecule has 0 aromatic rings. The highest BCUT2D eigenvalue weighted by atomic mass is 16.4. The fourth-order valence-electron chi connectivity index (χ4n) is 9.67. The van der Waals surface area contributed by atoms with Gasteiger partial charge in [-0.05, 0) is 103 Å². The normalized spacial score (nSPS) is 49.6. The van der Waals surface area contributed by atoms with E-state index in [0.717, 1.165) is 38.5 Å². The van der Waals surface area contributed by atoms with E-state index in [-0.39, 0.29) is 29.5 Å². The Labute approximate surface area is 189 Å². The van der Waals surface area contributed by atoms with Crippen molar-refractivity contribution in [3.63, 3.8) is 0 Å². The van der Waals surface area contributed by atoms with E-state index in [2.05, 4.69) is 34.6 Å². The van der Waals surface area contributed by atoms with Gasteiger partial charge in [0.2, 0.25) is 0 Å². The Morgan fingerprint density at radius 1 is 1.10 bits per heavy atom. The molecule has 0 spiro atoms. The SMILES string of the molecule is CC[C@H]1C(O)C2C3CCC(C(C)CCC(=O)O)C3C(C)(C)CC2[C@@]2(C)CC[C@@H](O)C[C@@H]12. The molecule has 0 amide bonds. The van der Waals surface area contributed by atoms with Crippen molar-refractivity contribution in [2.24, 2.45) is 58.2 Å². The molecule has 3 N–H and O–H groups in total. The van der Waals surface area contributed by atoms with Crippen LogP contribution in [0.4, 0.5) is 0 Å². The number of aliphatic carboxylic acids is 1. The summed E-state index contributed by atoms with van der Waals surface area (Å²) in [5.74, 6) is 3.09. The minimum absolute atomic E-state index is 0.203. The molecule has 4 aliphatic carbocycles. The van der Waals surface area contributed by atoms with Gasteiger partial charge in [0.1, 0.15) is 0 Å². The summed E-state index contributed by atoms with van der Waals surface area (Å²) in [6.07, 6.45) is 7.98. The van der Waals surface area contributed by atoms with Crippen LogP contribution in [0.5, 0.6) is 0 Å². The van der Waals surface area contributed by atoms with Crippen molar-refractivity contribution < 1.29 is 20.1 Å². The fourth-order valence-corrected chi connectivity index (χ4v) is 9.67. The van der Waals surface area contributed by atoms with E-state index in [9.17, 15) is 20.1 Å². The van der Waals surface area contributed by atoms with Crippen molar-refractivity contribution in [2.45, 2.75) is 105 Å². The van der Waals surface area contributed by atoms with Gasteiger partial charge in [-0.25, -0.2) is 0 Å². The summed E-state index contributed by atoms with van der Waals surface area (Å²) >= 11 is 0. The number of hydrogen-bond donors (Lipinski definition) is 3. The van der Waals surface area contributed by atoms with Gasteiger partial charge in [-0.2, -0.15) is 0 Å². The van der Waals surface area contributed by atoms with Gasteiger partial charge in [0, 0.05) is 6.42 Å². The maximum atomic E-state index is 11.8. The van der Waals surface area contributed by atoms with E-state index in [0.29, 0.717) is 47.3 Å². The summed E-state index contributed by atoms with van der Waals surface area (Å²) in [5.41, 5.74) is 0.436. The van der Waals surface area contributed by atoms with Crippen LogP contribution < -0.4 is 0 Å². The molecule has 4 rings (SSSR count). The van der Waals surface area contributed by atoms with Crippen LogP contribution in [0, 0.1) is 58.2 Å². The molecule has 4 saturated carbocycles. The van der Waals surface area contributed by atoms with Crippen molar-refractivity contribution >= 4 is 5.97 Å². The molecular formula is C27H46O4. The first-order chi connectivity index (χ1) is 14.5. The van der Waals surface area contributed by atoms with Gasteiger partial charge in [-0.15, -0.1) is 0 Å². The molecule has 4 fully saturated rings. The maximum Gasteiger partial charge on any atom is 0.303 e. The first-order valence-electron chi connectivity index (χ1n) is 13.1. The smallest absolute Gasteiger partial charge is 0.303 e. The van der Waals surface area contributed by atoms with Gasteiger partial charge in [-0.1, -0.05) is 41.0 Å². The van der Waals surface area contributed by atoms with E-state index in [1.807, 2.05) is 0 Å². The predicted octanol–water partition coefficient (Wildman–Crippen LogP) is 5.36. The second-order valence-electron chi connectivity index (χ2n) is 12.8. The summed E-state index contributed by atoms with van der Waals surface area (Å²) in [7, 11) is 0. The summed E-state index contributed by atoms with van der Waals surface area (Å²) in [6.45, 7) is 11.9. The predicted molar refractivity (Wildman–Crippen MR) is 122 cm³/mol. The lowest BCUT2D eigenvalue weighted by Crippen LogP contribution is -2.63. The Morgan fingerprint density at radius 2 is 1.81 bits per heavy atom. The minimum Gasteiger partial charge on any atom is -0.481 e. The molecule has 31 heavy (non-hydrogen) atoms. The van der Waals surface area contributed by atoms with Crippen LogP contribution in [-0.2, 0) is 4.79 Å². The van der Waals surface area contributed by atoms with Crippen molar-refractivity contribution in [3.05, 3.63) is 0 Å². The molecule has 0 aromatic heterocycles. The largest absolute Gasteiger partial charge is 0.481 e. The summed E-state index contributed by atoms with van der Waals surface area (Å²) in [5, 5.41) is 31.4. The number of fused-ring (bicyclic) bond motifs is 5. The van der Waals surface area contributed by atoms with E-state index in [4.69, 9.17) is 0 Å². The van der Waals surface area contributed by atoms with Gasteiger partial charge in [0.25, 0.3) is 0 Å². The van der Waals surface area contributed by atoms with Crippen LogP contribution in [0.25, 0.3) is 0 Å².